The van der Waals surface area contributed by atoms with Crippen LogP contribution in [0.25, 0.3) is 11.0 Å². The standard InChI is InChI=1S/C14H17BN2O5/c1-17(2)14(19)13(18)16-12(15(20)21)7-9-8-22-11-6-4-3-5-10(9)11/h3-6,8,12,20-21H,7H2,1-2H3,(H,16,18). The van der Waals surface area contributed by atoms with Gasteiger partial charge in [0.15, 0.2) is 0 Å². The summed E-state index contributed by atoms with van der Waals surface area (Å²) in [5.74, 6) is -2.67. The predicted octanol–water partition coefficient (Wildman–Crippen LogP) is -0.440. The van der Waals surface area contributed by atoms with E-state index in [0.29, 0.717) is 11.1 Å². The van der Waals surface area contributed by atoms with Crippen LogP contribution in [0, 0.1) is 0 Å². The summed E-state index contributed by atoms with van der Waals surface area (Å²) in [6, 6.07) is 7.28. The highest BCUT2D eigenvalue weighted by molar-refractivity contribution is 6.45. The molecule has 1 aromatic carbocycles. The van der Waals surface area contributed by atoms with Gasteiger partial charge in [-0.15, -0.1) is 0 Å². The first-order valence-corrected chi connectivity index (χ1v) is 6.73. The molecule has 1 heterocycles. The Morgan fingerprint density at radius 3 is 2.64 bits per heavy atom. The zero-order valence-electron chi connectivity index (χ0n) is 12.3. The van der Waals surface area contributed by atoms with Crippen molar-refractivity contribution in [2.45, 2.75) is 12.4 Å². The van der Waals surface area contributed by atoms with Gasteiger partial charge in [-0.3, -0.25) is 9.59 Å². The van der Waals surface area contributed by atoms with Gasteiger partial charge in [-0.2, -0.15) is 0 Å². The topological polar surface area (TPSA) is 103 Å². The summed E-state index contributed by atoms with van der Waals surface area (Å²) < 4.78 is 5.37. The van der Waals surface area contributed by atoms with Crippen LogP contribution in [0.3, 0.4) is 0 Å². The molecule has 22 heavy (non-hydrogen) atoms. The van der Waals surface area contributed by atoms with Gasteiger partial charge in [-0.05, 0) is 18.1 Å². The van der Waals surface area contributed by atoms with Crippen molar-refractivity contribution in [2.75, 3.05) is 14.1 Å². The Morgan fingerprint density at radius 2 is 2.00 bits per heavy atom. The minimum atomic E-state index is -1.80. The molecule has 0 aliphatic heterocycles. The minimum Gasteiger partial charge on any atom is -0.464 e. The van der Waals surface area contributed by atoms with E-state index in [2.05, 4.69) is 5.32 Å². The molecule has 0 spiro atoms. The number of amides is 2. The summed E-state index contributed by atoms with van der Waals surface area (Å²) in [5, 5.41) is 22.0. The second-order valence-corrected chi connectivity index (χ2v) is 5.15. The average Bonchev–Trinajstić information content (AvgIpc) is 2.88. The van der Waals surface area contributed by atoms with E-state index in [4.69, 9.17) is 4.42 Å². The number of fused-ring (bicyclic) bond motifs is 1. The Hall–Kier alpha value is -2.32. The number of hydrogen-bond acceptors (Lipinski definition) is 5. The van der Waals surface area contributed by atoms with Gasteiger partial charge in [0.25, 0.3) is 0 Å². The molecule has 116 valence electrons. The number of rotatable bonds is 4. The van der Waals surface area contributed by atoms with Gasteiger partial charge in [0.1, 0.15) is 5.58 Å². The summed E-state index contributed by atoms with van der Waals surface area (Å²) in [4.78, 5) is 24.4. The fourth-order valence-electron chi connectivity index (χ4n) is 2.09. The molecule has 1 aromatic heterocycles. The summed E-state index contributed by atoms with van der Waals surface area (Å²) in [6.07, 6.45) is 1.63. The van der Waals surface area contributed by atoms with Crippen LogP contribution in [0.4, 0.5) is 0 Å². The van der Waals surface area contributed by atoms with E-state index < -0.39 is 24.9 Å². The van der Waals surface area contributed by atoms with E-state index in [9.17, 15) is 19.6 Å². The van der Waals surface area contributed by atoms with Crippen molar-refractivity contribution < 1.29 is 24.1 Å². The maximum absolute atomic E-state index is 11.7. The number of nitrogens with one attached hydrogen (secondary N) is 1. The summed E-state index contributed by atoms with van der Waals surface area (Å²) in [6.45, 7) is 0. The van der Waals surface area contributed by atoms with Crippen LogP contribution >= 0.6 is 0 Å². The first-order valence-electron chi connectivity index (χ1n) is 6.73. The molecule has 1 unspecified atom stereocenters. The second kappa shape index (κ2) is 6.63. The first-order chi connectivity index (χ1) is 10.4. The lowest BCUT2D eigenvalue weighted by Crippen LogP contribution is -2.51. The van der Waals surface area contributed by atoms with Gasteiger partial charge in [0.05, 0.1) is 12.2 Å². The normalized spacial score (nSPS) is 12.0. The molecule has 3 N–H and O–H groups in total. The van der Waals surface area contributed by atoms with E-state index in [1.807, 2.05) is 18.2 Å². The van der Waals surface area contributed by atoms with Crippen LogP contribution in [0.2, 0.25) is 0 Å². The molecule has 0 aliphatic carbocycles. The van der Waals surface area contributed by atoms with Crippen LogP contribution in [0.1, 0.15) is 5.56 Å². The molecule has 0 saturated heterocycles. The Balaban J connectivity index is 2.16. The van der Waals surface area contributed by atoms with Crippen molar-refractivity contribution in [2.24, 2.45) is 0 Å². The van der Waals surface area contributed by atoms with Gasteiger partial charge in [-0.1, -0.05) is 18.2 Å². The number of benzene rings is 1. The second-order valence-electron chi connectivity index (χ2n) is 5.15. The fraction of sp³-hybridized carbons (Fsp3) is 0.286. The number of nitrogens with zero attached hydrogens (tertiary/aromatic N) is 1. The number of carbonyl (C=O) groups is 2. The molecule has 2 aromatic rings. The summed E-state index contributed by atoms with van der Waals surface area (Å²) >= 11 is 0. The highest BCUT2D eigenvalue weighted by atomic mass is 16.4. The van der Waals surface area contributed by atoms with Crippen molar-refractivity contribution in [3.05, 3.63) is 36.1 Å². The number of para-hydroxylation sites is 1. The number of hydrogen-bond donors (Lipinski definition) is 3. The number of likely N-dealkylation sites (N-methyl/N-ethyl adjacent to an activating group) is 1. The lowest BCUT2D eigenvalue weighted by Gasteiger charge is -2.18. The molecule has 0 fully saturated rings. The van der Waals surface area contributed by atoms with Crippen molar-refractivity contribution in [3.8, 4) is 0 Å². The molecule has 0 bridgehead atoms. The molecule has 1 atom stereocenters. The van der Waals surface area contributed by atoms with E-state index in [-0.39, 0.29) is 6.42 Å². The van der Waals surface area contributed by atoms with Gasteiger partial charge in [-0.25, -0.2) is 0 Å². The quantitative estimate of drug-likeness (QED) is 0.525. The minimum absolute atomic E-state index is 0.126. The first kappa shape index (κ1) is 16.1. The highest BCUT2D eigenvalue weighted by Crippen LogP contribution is 2.22. The maximum atomic E-state index is 11.7. The highest BCUT2D eigenvalue weighted by Gasteiger charge is 2.29. The molecule has 0 saturated carbocycles. The van der Waals surface area contributed by atoms with E-state index in [1.165, 1.54) is 20.4 Å². The van der Waals surface area contributed by atoms with E-state index in [0.717, 1.165) is 10.3 Å². The predicted molar refractivity (Wildman–Crippen MR) is 80.7 cm³/mol. The molecule has 2 rings (SSSR count). The molecular weight excluding hydrogens is 287 g/mol. The SMILES string of the molecule is CN(C)C(=O)C(=O)NC(Cc1coc2ccccc12)B(O)O. The van der Waals surface area contributed by atoms with Crippen molar-refractivity contribution in [1.29, 1.82) is 0 Å². The van der Waals surface area contributed by atoms with Gasteiger partial charge in [0, 0.05) is 19.5 Å². The molecule has 2 amide bonds. The van der Waals surface area contributed by atoms with Crippen LogP contribution in [0.5, 0.6) is 0 Å². The van der Waals surface area contributed by atoms with Gasteiger partial charge in [0.2, 0.25) is 0 Å². The lowest BCUT2D eigenvalue weighted by molar-refractivity contribution is -0.144. The number of furan rings is 1. The van der Waals surface area contributed by atoms with E-state index >= 15 is 0 Å². The van der Waals surface area contributed by atoms with Gasteiger partial charge < -0.3 is 24.7 Å². The Labute approximate surface area is 127 Å². The Kier molecular flexibility index (Phi) is 4.84. The molecule has 0 aliphatic rings. The Morgan fingerprint density at radius 1 is 1.32 bits per heavy atom. The third-order valence-electron chi connectivity index (χ3n) is 3.28. The zero-order chi connectivity index (χ0) is 16.3. The van der Waals surface area contributed by atoms with Crippen LogP contribution in [-0.4, -0.2) is 53.9 Å². The average molecular weight is 304 g/mol. The van der Waals surface area contributed by atoms with Crippen LogP contribution in [-0.2, 0) is 16.0 Å². The number of carbonyl (C=O) groups excluding carboxylic acids is 2. The van der Waals surface area contributed by atoms with E-state index in [1.54, 1.807) is 6.07 Å². The smallest absolute Gasteiger partial charge is 0.464 e. The van der Waals surface area contributed by atoms with Crippen molar-refractivity contribution in [1.82, 2.24) is 10.2 Å². The van der Waals surface area contributed by atoms with Crippen LogP contribution < -0.4 is 5.32 Å². The maximum Gasteiger partial charge on any atom is 0.475 e. The largest absolute Gasteiger partial charge is 0.475 e. The third kappa shape index (κ3) is 3.47. The molecule has 7 nitrogen and oxygen atoms in total. The molecule has 8 heteroatoms. The fourth-order valence-corrected chi connectivity index (χ4v) is 2.09. The molecular formula is C14H17BN2O5. The molecule has 0 radical (unpaired) electrons. The van der Waals surface area contributed by atoms with Gasteiger partial charge >= 0.3 is 18.9 Å². The third-order valence-corrected chi connectivity index (χ3v) is 3.28. The van der Waals surface area contributed by atoms with Crippen LogP contribution in [0.15, 0.2) is 34.9 Å². The summed E-state index contributed by atoms with van der Waals surface area (Å²) in [5.41, 5.74) is 1.38. The van der Waals surface area contributed by atoms with Crippen molar-refractivity contribution in [3.63, 3.8) is 0 Å². The lowest BCUT2D eigenvalue weighted by atomic mass is 9.76. The Bertz CT molecular complexity index is 683. The van der Waals surface area contributed by atoms with Crippen molar-refractivity contribution >= 4 is 29.9 Å². The monoisotopic (exact) mass is 304 g/mol. The summed E-state index contributed by atoms with van der Waals surface area (Å²) in [7, 11) is 1.08. The zero-order valence-corrected chi connectivity index (χ0v) is 12.3.